The number of rotatable bonds is 4. The van der Waals surface area contributed by atoms with Gasteiger partial charge in [-0.3, -0.25) is 4.79 Å². The minimum Gasteiger partial charge on any atom is -0.377 e. The molecule has 0 atom stereocenters. The molecule has 0 aliphatic heterocycles. The average Bonchev–Trinajstić information content (AvgIpc) is 2.39. The highest BCUT2D eigenvalue weighted by atomic mass is 32.2. The van der Waals surface area contributed by atoms with E-state index in [0.717, 1.165) is 5.56 Å². The number of hydrogen-bond donors (Lipinski definition) is 1. The van der Waals surface area contributed by atoms with Crippen LogP contribution in [0, 0.1) is 13.8 Å². The van der Waals surface area contributed by atoms with Crippen molar-refractivity contribution in [3.05, 3.63) is 53.6 Å². The Kier molecular flexibility index (Phi) is 4.51. The zero-order chi connectivity index (χ0) is 16.3. The van der Waals surface area contributed by atoms with Crippen LogP contribution in [0.1, 0.15) is 18.1 Å². The van der Waals surface area contributed by atoms with Crippen molar-refractivity contribution < 1.29 is 17.4 Å². The molecule has 2 aromatic rings. The monoisotopic (exact) mass is 319 g/mol. The molecule has 5 nitrogen and oxygen atoms in total. The van der Waals surface area contributed by atoms with Crippen molar-refractivity contribution in [2.24, 2.45) is 0 Å². The second kappa shape index (κ2) is 6.19. The lowest BCUT2D eigenvalue weighted by atomic mass is 10.2. The van der Waals surface area contributed by atoms with Crippen molar-refractivity contribution >= 4 is 21.7 Å². The van der Waals surface area contributed by atoms with E-state index in [1.54, 1.807) is 37.3 Å². The van der Waals surface area contributed by atoms with Gasteiger partial charge in [-0.25, -0.2) is 0 Å². The Morgan fingerprint density at radius 1 is 1.09 bits per heavy atom. The van der Waals surface area contributed by atoms with Crippen molar-refractivity contribution in [3.8, 4) is 5.75 Å². The lowest BCUT2D eigenvalue weighted by molar-refractivity contribution is -0.114. The van der Waals surface area contributed by atoms with E-state index < -0.39 is 10.1 Å². The minimum absolute atomic E-state index is 0.0812. The summed E-state index contributed by atoms with van der Waals surface area (Å²) in [5.41, 5.74) is 1.88. The molecule has 2 aromatic carbocycles. The van der Waals surface area contributed by atoms with Crippen LogP contribution >= 0.6 is 0 Å². The van der Waals surface area contributed by atoms with Crippen LogP contribution in [0.15, 0.2) is 47.4 Å². The summed E-state index contributed by atoms with van der Waals surface area (Å²) in [6, 6.07) is 11.4. The molecule has 116 valence electrons. The van der Waals surface area contributed by atoms with Crippen molar-refractivity contribution in [1.29, 1.82) is 0 Å². The SMILES string of the molecule is CC(=O)Nc1ccccc1OS(=O)(=O)c1ccc(C)cc1C. The maximum atomic E-state index is 12.4. The molecular formula is C16H17NO4S. The fraction of sp³-hybridized carbons (Fsp3) is 0.188. The zero-order valence-electron chi connectivity index (χ0n) is 12.6. The summed E-state index contributed by atoms with van der Waals surface area (Å²) in [5, 5.41) is 2.54. The first-order chi connectivity index (χ1) is 10.3. The Hall–Kier alpha value is -2.34. The molecule has 0 saturated carbocycles. The number of carbonyl (C=O) groups is 1. The lowest BCUT2D eigenvalue weighted by Crippen LogP contribution is -2.14. The molecule has 1 amide bonds. The van der Waals surface area contributed by atoms with E-state index in [0.29, 0.717) is 11.3 Å². The van der Waals surface area contributed by atoms with Crippen molar-refractivity contribution in [2.45, 2.75) is 25.7 Å². The third-order valence-corrected chi connectivity index (χ3v) is 4.39. The smallest absolute Gasteiger partial charge is 0.339 e. The van der Waals surface area contributed by atoms with E-state index >= 15 is 0 Å². The molecule has 0 saturated heterocycles. The Morgan fingerprint density at radius 3 is 2.41 bits per heavy atom. The fourth-order valence-electron chi connectivity index (χ4n) is 2.08. The quantitative estimate of drug-likeness (QED) is 0.879. The summed E-state index contributed by atoms with van der Waals surface area (Å²) in [5.74, 6) is -0.224. The lowest BCUT2D eigenvalue weighted by Gasteiger charge is -2.13. The molecule has 0 aliphatic carbocycles. The highest BCUT2D eigenvalue weighted by Gasteiger charge is 2.20. The van der Waals surface area contributed by atoms with Gasteiger partial charge in [-0.15, -0.1) is 0 Å². The average molecular weight is 319 g/mol. The molecule has 0 aliphatic rings. The maximum absolute atomic E-state index is 12.4. The number of para-hydroxylation sites is 2. The third kappa shape index (κ3) is 3.65. The van der Waals surface area contributed by atoms with E-state index in [-0.39, 0.29) is 16.6 Å². The van der Waals surface area contributed by atoms with Gasteiger partial charge in [0.25, 0.3) is 0 Å². The van der Waals surface area contributed by atoms with E-state index in [1.165, 1.54) is 19.1 Å². The summed E-state index contributed by atoms with van der Waals surface area (Å²) in [4.78, 5) is 11.3. The van der Waals surface area contributed by atoms with Crippen LogP contribution in [0.4, 0.5) is 5.69 Å². The molecular weight excluding hydrogens is 302 g/mol. The van der Waals surface area contributed by atoms with E-state index in [4.69, 9.17) is 4.18 Å². The van der Waals surface area contributed by atoms with Gasteiger partial charge in [0.1, 0.15) is 4.90 Å². The van der Waals surface area contributed by atoms with Gasteiger partial charge in [-0.2, -0.15) is 8.42 Å². The Bertz CT molecular complexity index is 813. The number of benzene rings is 2. The standard InChI is InChI=1S/C16H17NO4S/c1-11-8-9-16(12(2)10-11)22(19,20)21-15-7-5-4-6-14(15)17-13(3)18/h4-10H,1-3H3,(H,17,18). The minimum atomic E-state index is -3.97. The van der Waals surface area contributed by atoms with Crippen LogP contribution < -0.4 is 9.50 Å². The number of nitrogens with one attached hydrogen (secondary N) is 1. The molecule has 0 unspecified atom stereocenters. The maximum Gasteiger partial charge on any atom is 0.339 e. The molecule has 1 N–H and O–H groups in total. The van der Waals surface area contributed by atoms with Crippen LogP contribution in [-0.4, -0.2) is 14.3 Å². The van der Waals surface area contributed by atoms with Crippen LogP contribution in [-0.2, 0) is 14.9 Å². The molecule has 6 heteroatoms. The molecule has 0 heterocycles. The first kappa shape index (κ1) is 16.0. The van der Waals surface area contributed by atoms with Crippen LogP contribution in [0.25, 0.3) is 0 Å². The topological polar surface area (TPSA) is 72.5 Å². The van der Waals surface area contributed by atoms with E-state index in [9.17, 15) is 13.2 Å². The fourth-order valence-corrected chi connectivity index (χ4v) is 3.23. The van der Waals surface area contributed by atoms with Gasteiger partial charge >= 0.3 is 10.1 Å². The molecule has 0 fully saturated rings. The molecule has 0 bridgehead atoms. The van der Waals surface area contributed by atoms with Crippen molar-refractivity contribution in [2.75, 3.05) is 5.32 Å². The number of hydrogen-bond acceptors (Lipinski definition) is 4. The molecule has 22 heavy (non-hydrogen) atoms. The number of amides is 1. The first-order valence-corrected chi connectivity index (χ1v) is 8.09. The summed E-state index contributed by atoms with van der Waals surface area (Å²) >= 11 is 0. The van der Waals surface area contributed by atoms with Gasteiger partial charge in [-0.1, -0.05) is 29.8 Å². The normalized spacial score (nSPS) is 11.0. The predicted molar refractivity (Wildman–Crippen MR) is 84.5 cm³/mol. The number of aryl methyl sites for hydroxylation is 2. The molecule has 2 rings (SSSR count). The van der Waals surface area contributed by atoms with Gasteiger partial charge < -0.3 is 9.50 Å². The van der Waals surface area contributed by atoms with E-state index in [2.05, 4.69) is 5.32 Å². The highest BCUT2D eigenvalue weighted by molar-refractivity contribution is 7.87. The zero-order valence-corrected chi connectivity index (χ0v) is 13.4. The third-order valence-electron chi connectivity index (χ3n) is 3.00. The molecule has 0 radical (unpaired) electrons. The second-order valence-corrected chi connectivity index (χ2v) is 6.50. The summed E-state index contributed by atoms with van der Waals surface area (Å²) in [7, 11) is -3.97. The highest BCUT2D eigenvalue weighted by Crippen LogP contribution is 2.28. The number of carbonyl (C=O) groups excluding carboxylic acids is 1. The predicted octanol–water partition coefficient (Wildman–Crippen LogP) is 3.03. The van der Waals surface area contributed by atoms with Crippen LogP contribution in [0.5, 0.6) is 5.75 Å². The van der Waals surface area contributed by atoms with Crippen molar-refractivity contribution in [1.82, 2.24) is 0 Å². The summed E-state index contributed by atoms with van der Waals surface area (Å²) in [6.45, 7) is 4.94. The summed E-state index contributed by atoms with van der Waals surface area (Å²) in [6.07, 6.45) is 0. The van der Waals surface area contributed by atoms with E-state index in [1.807, 2.05) is 6.92 Å². The first-order valence-electron chi connectivity index (χ1n) is 6.68. The van der Waals surface area contributed by atoms with Crippen LogP contribution in [0.2, 0.25) is 0 Å². The number of anilines is 1. The van der Waals surface area contributed by atoms with Gasteiger partial charge in [0, 0.05) is 6.92 Å². The Labute approximate surface area is 130 Å². The van der Waals surface area contributed by atoms with Crippen molar-refractivity contribution in [3.63, 3.8) is 0 Å². The Morgan fingerprint density at radius 2 is 1.77 bits per heavy atom. The molecule has 0 spiro atoms. The largest absolute Gasteiger partial charge is 0.377 e. The summed E-state index contributed by atoms with van der Waals surface area (Å²) < 4.78 is 30.1. The van der Waals surface area contributed by atoms with Gasteiger partial charge in [-0.05, 0) is 37.6 Å². The van der Waals surface area contributed by atoms with Gasteiger partial charge in [0.05, 0.1) is 5.69 Å². The van der Waals surface area contributed by atoms with Crippen LogP contribution in [0.3, 0.4) is 0 Å². The molecule has 0 aromatic heterocycles. The second-order valence-electron chi connectivity index (χ2n) is 4.98. The van der Waals surface area contributed by atoms with Gasteiger partial charge in [0.15, 0.2) is 5.75 Å². The van der Waals surface area contributed by atoms with Gasteiger partial charge in [0.2, 0.25) is 5.91 Å². The Balaban J connectivity index is 2.39.